The van der Waals surface area contributed by atoms with Gasteiger partial charge >= 0.3 is 0 Å². The van der Waals surface area contributed by atoms with E-state index in [0.717, 1.165) is 44.2 Å². The summed E-state index contributed by atoms with van der Waals surface area (Å²) in [5, 5.41) is 2.40. The van der Waals surface area contributed by atoms with Crippen LogP contribution in [0.3, 0.4) is 0 Å². The van der Waals surface area contributed by atoms with Crippen molar-refractivity contribution in [1.29, 1.82) is 0 Å². The average molecular weight is 510 g/mol. The standard InChI is InChI=1S/C34H27N3S/c1-34(2,3)23-16-18-24(19-17-23)37-30-15-8-7-14-29(30)35-32(37)27-13-9-12-25-26-20-21-28(22-10-5-4-6-11-22)36-33(26)38-31(25)27/h4-21H,1-3H3. The van der Waals surface area contributed by atoms with Gasteiger partial charge in [0.25, 0.3) is 0 Å². The zero-order valence-corrected chi connectivity index (χ0v) is 22.5. The Balaban J connectivity index is 1.45. The molecule has 0 spiro atoms. The first kappa shape index (κ1) is 22.9. The molecule has 0 aliphatic heterocycles. The monoisotopic (exact) mass is 509 g/mol. The van der Waals surface area contributed by atoms with Crippen molar-refractivity contribution in [2.45, 2.75) is 26.2 Å². The highest BCUT2D eigenvalue weighted by Gasteiger charge is 2.20. The third-order valence-corrected chi connectivity index (χ3v) is 8.38. The van der Waals surface area contributed by atoms with Crippen molar-refractivity contribution in [1.82, 2.24) is 14.5 Å². The molecule has 0 bridgehead atoms. The topological polar surface area (TPSA) is 30.7 Å². The first-order valence-electron chi connectivity index (χ1n) is 12.9. The van der Waals surface area contributed by atoms with Crippen LogP contribution in [0.25, 0.3) is 59.7 Å². The normalized spacial score (nSPS) is 12.1. The van der Waals surface area contributed by atoms with Gasteiger partial charge in [0, 0.05) is 32.3 Å². The SMILES string of the molecule is CC(C)(C)c1ccc(-n2c(-c3cccc4c3sc3nc(-c5ccccc5)ccc34)nc3ccccc32)cc1. The number of rotatable bonds is 3. The lowest BCUT2D eigenvalue weighted by Crippen LogP contribution is -2.11. The molecular weight excluding hydrogens is 482 g/mol. The fraction of sp³-hybridized carbons (Fsp3) is 0.118. The number of hydrogen-bond donors (Lipinski definition) is 0. The van der Waals surface area contributed by atoms with E-state index < -0.39 is 0 Å². The van der Waals surface area contributed by atoms with Gasteiger partial charge in [-0.25, -0.2) is 9.97 Å². The van der Waals surface area contributed by atoms with E-state index in [1.54, 1.807) is 11.3 Å². The van der Waals surface area contributed by atoms with Crippen LogP contribution in [-0.2, 0) is 5.41 Å². The van der Waals surface area contributed by atoms with Gasteiger partial charge in [0.2, 0.25) is 0 Å². The molecule has 7 aromatic rings. The summed E-state index contributed by atoms with van der Waals surface area (Å²) in [6.07, 6.45) is 0. The summed E-state index contributed by atoms with van der Waals surface area (Å²) in [6.45, 7) is 6.75. The van der Waals surface area contributed by atoms with Crippen LogP contribution < -0.4 is 0 Å². The molecule has 4 heteroatoms. The van der Waals surface area contributed by atoms with E-state index in [4.69, 9.17) is 9.97 Å². The molecule has 38 heavy (non-hydrogen) atoms. The first-order valence-corrected chi connectivity index (χ1v) is 13.8. The molecule has 3 aromatic heterocycles. The van der Waals surface area contributed by atoms with Crippen LogP contribution in [0.2, 0.25) is 0 Å². The predicted octanol–water partition coefficient (Wildman–Crippen LogP) is 9.42. The minimum absolute atomic E-state index is 0.104. The highest BCUT2D eigenvalue weighted by molar-refractivity contribution is 7.26. The fourth-order valence-electron chi connectivity index (χ4n) is 5.20. The number of pyridine rings is 1. The van der Waals surface area contributed by atoms with Crippen molar-refractivity contribution in [3.05, 3.63) is 115 Å². The minimum atomic E-state index is 0.104. The van der Waals surface area contributed by atoms with Gasteiger partial charge < -0.3 is 0 Å². The number of imidazole rings is 1. The molecule has 0 radical (unpaired) electrons. The van der Waals surface area contributed by atoms with Gasteiger partial charge in [-0.15, -0.1) is 11.3 Å². The van der Waals surface area contributed by atoms with Gasteiger partial charge in [0.1, 0.15) is 10.7 Å². The van der Waals surface area contributed by atoms with Gasteiger partial charge in [-0.05, 0) is 53.4 Å². The quantitative estimate of drug-likeness (QED) is 0.237. The van der Waals surface area contributed by atoms with Crippen molar-refractivity contribution < 1.29 is 0 Å². The molecule has 0 saturated carbocycles. The molecule has 4 aromatic carbocycles. The minimum Gasteiger partial charge on any atom is -0.292 e. The van der Waals surface area contributed by atoms with Crippen LogP contribution in [0.4, 0.5) is 0 Å². The highest BCUT2D eigenvalue weighted by atomic mass is 32.1. The highest BCUT2D eigenvalue weighted by Crippen LogP contribution is 2.41. The Morgan fingerprint density at radius 1 is 0.658 bits per heavy atom. The molecule has 0 N–H and O–H groups in total. The summed E-state index contributed by atoms with van der Waals surface area (Å²) in [7, 11) is 0. The van der Waals surface area contributed by atoms with Gasteiger partial charge in [-0.3, -0.25) is 4.57 Å². The van der Waals surface area contributed by atoms with E-state index >= 15 is 0 Å². The smallest absolute Gasteiger partial charge is 0.147 e. The summed E-state index contributed by atoms with van der Waals surface area (Å²) in [6, 6.07) is 38.6. The van der Waals surface area contributed by atoms with Crippen LogP contribution in [0, 0.1) is 0 Å². The van der Waals surface area contributed by atoms with E-state index in [1.165, 1.54) is 21.0 Å². The molecule has 3 heterocycles. The van der Waals surface area contributed by atoms with E-state index in [-0.39, 0.29) is 5.41 Å². The molecule has 0 unspecified atom stereocenters. The van der Waals surface area contributed by atoms with Crippen molar-refractivity contribution in [2.75, 3.05) is 0 Å². The van der Waals surface area contributed by atoms with Gasteiger partial charge in [-0.1, -0.05) is 87.5 Å². The molecule has 0 atom stereocenters. The van der Waals surface area contributed by atoms with Gasteiger partial charge in [0.15, 0.2) is 0 Å². The molecule has 0 aliphatic carbocycles. The molecule has 0 saturated heterocycles. The fourth-order valence-corrected chi connectivity index (χ4v) is 6.39. The summed E-state index contributed by atoms with van der Waals surface area (Å²) in [5.41, 5.74) is 7.89. The average Bonchev–Trinajstić information content (AvgIpc) is 3.51. The van der Waals surface area contributed by atoms with Crippen molar-refractivity contribution in [3.63, 3.8) is 0 Å². The Labute approximate surface area is 226 Å². The van der Waals surface area contributed by atoms with Crippen LogP contribution in [-0.4, -0.2) is 14.5 Å². The van der Waals surface area contributed by atoms with Crippen LogP contribution in [0.15, 0.2) is 109 Å². The number of fused-ring (bicyclic) bond motifs is 4. The zero-order valence-electron chi connectivity index (χ0n) is 21.6. The third-order valence-electron chi connectivity index (χ3n) is 7.23. The Morgan fingerprint density at radius 3 is 2.21 bits per heavy atom. The summed E-state index contributed by atoms with van der Waals surface area (Å²) >= 11 is 1.75. The lowest BCUT2D eigenvalue weighted by atomic mass is 9.87. The second kappa shape index (κ2) is 8.64. The van der Waals surface area contributed by atoms with Crippen molar-refractivity contribution in [2.24, 2.45) is 0 Å². The summed E-state index contributed by atoms with van der Waals surface area (Å²) < 4.78 is 3.51. The lowest BCUT2D eigenvalue weighted by molar-refractivity contribution is 0.590. The third kappa shape index (κ3) is 3.72. The molecular formula is C34H27N3S. The van der Waals surface area contributed by atoms with E-state index in [9.17, 15) is 0 Å². The molecule has 3 nitrogen and oxygen atoms in total. The Kier molecular flexibility index (Phi) is 5.20. The van der Waals surface area contributed by atoms with E-state index in [2.05, 4.69) is 128 Å². The van der Waals surface area contributed by atoms with E-state index in [1.807, 2.05) is 6.07 Å². The number of nitrogens with zero attached hydrogens (tertiary/aromatic N) is 3. The molecule has 184 valence electrons. The van der Waals surface area contributed by atoms with Gasteiger partial charge in [0.05, 0.1) is 16.7 Å². The Hall–Kier alpha value is -4.28. The summed E-state index contributed by atoms with van der Waals surface area (Å²) in [4.78, 5) is 11.3. The Bertz CT molecular complexity index is 1940. The van der Waals surface area contributed by atoms with E-state index in [0.29, 0.717) is 0 Å². The van der Waals surface area contributed by atoms with Crippen LogP contribution in [0.5, 0.6) is 0 Å². The molecule has 0 aliphatic rings. The van der Waals surface area contributed by atoms with Crippen molar-refractivity contribution >= 4 is 42.7 Å². The second-order valence-corrected chi connectivity index (χ2v) is 11.8. The zero-order chi connectivity index (χ0) is 25.9. The van der Waals surface area contributed by atoms with Crippen LogP contribution >= 0.6 is 11.3 Å². The molecule has 0 amide bonds. The van der Waals surface area contributed by atoms with Crippen molar-refractivity contribution in [3.8, 4) is 28.3 Å². The maximum absolute atomic E-state index is 5.17. The Morgan fingerprint density at radius 2 is 1.42 bits per heavy atom. The number of para-hydroxylation sites is 2. The number of benzene rings is 4. The number of thiophene rings is 1. The maximum atomic E-state index is 5.17. The number of hydrogen-bond acceptors (Lipinski definition) is 3. The largest absolute Gasteiger partial charge is 0.292 e. The molecule has 0 fully saturated rings. The van der Waals surface area contributed by atoms with Gasteiger partial charge in [-0.2, -0.15) is 0 Å². The maximum Gasteiger partial charge on any atom is 0.147 e. The lowest BCUT2D eigenvalue weighted by Gasteiger charge is -2.19. The second-order valence-electron chi connectivity index (χ2n) is 10.8. The van der Waals surface area contributed by atoms with Crippen LogP contribution in [0.1, 0.15) is 26.3 Å². The first-order chi connectivity index (χ1) is 18.5. The molecule has 7 rings (SSSR count). The number of aromatic nitrogens is 3. The predicted molar refractivity (Wildman–Crippen MR) is 161 cm³/mol. The summed E-state index contributed by atoms with van der Waals surface area (Å²) in [5.74, 6) is 0.954.